The Balaban J connectivity index is 1.33. The van der Waals surface area contributed by atoms with Crippen molar-refractivity contribution in [2.45, 2.75) is 51.1 Å². The van der Waals surface area contributed by atoms with Gasteiger partial charge in [-0.05, 0) is 49.8 Å². The Hall–Kier alpha value is -2.08. The van der Waals surface area contributed by atoms with Gasteiger partial charge in [-0.1, -0.05) is 18.9 Å². The molecule has 3 atom stereocenters. The van der Waals surface area contributed by atoms with E-state index < -0.39 is 0 Å². The summed E-state index contributed by atoms with van der Waals surface area (Å²) in [6, 6.07) is 6.07. The first-order valence-corrected chi connectivity index (χ1v) is 10.6. The largest absolute Gasteiger partial charge is 0.496 e. The summed E-state index contributed by atoms with van der Waals surface area (Å²) in [7, 11) is 1.62. The van der Waals surface area contributed by atoms with E-state index in [9.17, 15) is 9.59 Å². The van der Waals surface area contributed by atoms with E-state index in [2.05, 4.69) is 5.32 Å². The van der Waals surface area contributed by atoms with Crippen LogP contribution in [0.5, 0.6) is 5.75 Å². The minimum Gasteiger partial charge on any atom is -0.496 e. The molecule has 3 fully saturated rings. The van der Waals surface area contributed by atoms with Gasteiger partial charge in [0.25, 0.3) is 5.91 Å². The number of ether oxygens (including phenoxy) is 1. The SMILES string of the molecule is COc1cc(C(=O)N2CCN(C(=O)C3CC4CCCCC4N3)CC2)ccc1C. The van der Waals surface area contributed by atoms with Gasteiger partial charge >= 0.3 is 0 Å². The fourth-order valence-electron chi connectivity index (χ4n) is 5.00. The molecule has 2 saturated heterocycles. The van der Waals surface area contributed by atoms with Crippen molar-refractivity contribution in [1.82, 2.24) is 15.1 Å². The van der Waals surface area contributed by atoms with Crippen molar-refractivity contribution < 1.29 is 14.3 Å². The summed E-state index contributed by atoms with van der Waals surface area (Å²) in [5.41, 5.74) is 1.66. The smallest absolute Gasteiger partial charge is 0.254 e. The molecule has 1 N–H and O–H groups in total. The van der Waals surface area contributed by atoms with Crippen LogP contribution in [0, 0.1) is 12.8 Å². The molecule has 1 saturated carbocycles. The van der Waals surface area contributed by atoms with Gasteiger partial charge in [0, 0.05) is 37.8 Å². The van der Waals surface area contributed by atoms with Crippen molar-refractivity contribution in [2.24, 2.45) is 5.92 Å². The minimum absolute atomic E-state index is 0.00964. The van der Waals surface area contributed by atoms with Gasteiger partial charge in [-0.2, -0.15) is 0 Å². The van der Waals surface area contributed by atoms with Gasteiger partial charge in [0.05, 0.1) is 13.2 Å². The standard InChI is InChI=1S/C22H31N3O3/c1-15-7-8-17(14-20(15)28-2)21(26)24-9-11-25(12-10-24)22(27)19-13-16-5-3-4-6-18(16)23-19/h7-8,14,16,18-19,23H,3-6,9-13H2,1-2H3. The number of amides is 2. The van der Waals surface area contributed by atoms with E-state index in [1.54, 1.807) is 13.2 Å². The lowest BCUT2D eigenvalue weighted by Gasteiger charge is -2.36. The molecule has 6 heteroatoms. The second-order valence-electron chi connectivity index (χ2n) is 8.41. The molecule has 3 aliphatic rings. The lowest BCUT2D eigenvalue weighted by molar-refractivity contribution is -0.134. The normalized spacial score (nSPS) is 27.4. The topological polar surface area (TPSA) is 61.9 Å². The molecule has 28 heavy (non-hydrogen) atoms. The van der Waals surface area contributed by atoms with Crippen LogP contribution in [0.4, 0.5) is 0 Å². The first kappa shape index (κ1) is 19.2. The number of benzene rings is 1. The summed E-state index contributed by atoms with van der Waals surface area (Å²) in [6.45, 7) is 4.35. The number of aryl methyl sites for hydroxylation is 1. The molecule has 6 nitrogen and oxygen atoms in total. The Morgan fingerprint density at radius 3 is 2.50 bits per heavy atom. The van der Waals surface area contributed by atoms with Gasteiger partial charge in [0.1, 0.15) is 5.75 Å². The van der Waals surface area contributed by atoms with Crippen LogP contribution < -0.4 is 10.1 Å². The molecule has 0 bridgehead atoms. The van der Waals surface area contributed by atoms with Crippen molar-refractivity contribution in [2.75, 3.05) is 33.3 Å². The van der Waals surface area contributed by atoms with E-state index in [-0.39, 0.29) is 17.9 Å². The van der Waals surface area contributed by atoms with Gasteiger partial charge < -0.3 is 19.9 Å². The number of methoxy groups -OCH3 is 1. The summed E-state index contributed by atoms with van der Waals surface area (Å²) in [6.07, 6.45) is 6.01. The number of nitrogens with one attached hydrogen (secondary N) is 1. The zero-order valence-electron chi connectivity index (χ0n) is 16.9. The Bertz CT molecular complexity index is 729. The molecule has 3 unspecified atom stereocenters. The molecular weight excluding hydrogens is 354 g/mol. The van der Waals surface area contributed by atoms with E-state index in [1.165, 1.54) is 25.7 Å². The summed E-state index contributed by atoms with van der Waals surface area (Å²) in [4.78, 5) is 29.6. The van der Waals surface area contributed by atoms with Crippen molar-refractivity contribution in [3.8, 4) is 5.75 Å². The number of hydrogen-bond acceptors (Lipinski definition) is 4. The number of carbonyl (C=O) groups excluding carboxylic acids is 2. The lowest BCUT2D eigenvalue weighted by Crippen LogP contribution is -2.54. The third-order valence-corrected chi connectivity index (χ3v) is 6.69. The predicted octanol–water partition coefficient (Wildman–Crippen LogP) is 2.21. The zero-order valence-corrected chi connectivity index (χ0v) is 16.9. The maximum absolute atomic E-state index is 13.0. The average Bonchev–Trinajstić information content (AvgIpc) is 3.17. The molecule has 2 amide bonds. The predicted molar refractivity (Wildman–Crippen MR) is 108 cm³/mol. The number of piperazine rings is 1. The van der Waals surface area contributed by atoms with Crippen LogP contribution in [0.2, 0.25) is 0 Å². The molecule has 0 spiro atoms. The van der Waals surface area contributed by atoms with E-state index >= 15 is 0 Å². The molecule has 0 radical (unpaired) electrons. The minimum atomic E-state index is -0.0308. The molecule has 1 aromatic carbocycles. The molecule has 2 aliphatic heterocycles. The highest BCUT2D eigenvalue weighted by atomic mass is 16.5. The van der Waals surface area contributed by atoms with Crippen LogP contribution in [0.25, 0.3) is 0 Å². The number of rotatable bonds is 3. The zero-order chi connectivity index (χ0) is 19.7. The van der Waals surface area contributed by atoms with E-state index in [0.29, 0.717) is 43.7 Å². The van der Waals surface area contributed by atoms with Gasteiger partial charge in [0.2, 0.25) is 5.91 Å². The van der Waals surface area contributed by atoms with Crippen LogP contribution in [-0.2, 0) is 4.79 Å². The Labute approximate surface area is 167 Å². The van der Waals surface area contributed by atoms with Crippen molar-refractivity contribution >= 4 is 11.8 Å². The lowest BCUT2D eigenvalue weighted by atomic mass is 9.85. The number of hydrogen-bond donors (Lipinski definition) is 1. The summed E-state index contributed by atoms with van der Waals surface area (Å²) >= 11 is 0. The fraction of sp³-hybridized carbons (Fsp3) is 0.636. The highest BCUT2D eigenvalue weighted by molar-refractivity contribution is 5.95. The molecule has 1 aliphatic carbocycles. The maximum atomic E-state index is 13.0. The molecule has 1 aromatic rings. The van der Waals surface area contributed by atoms with Crippen LogP contribution in [0.15, 0.2) is 18.2 Å². The molecule has 4 rings (SSSR count). The molecular formula is C22H31N3O3. The van der Waals surface area contributed by atoms with Gasteiger partial charge in [-0.25, -0.2) is 0 Å². The summed E-state index contributed by atoms with van der Waals surface area (Å²) in [5.74, 6) is 1.63. The van der Waals surface area contributed by atoms with Gasteiger partial charge in [0.15, 0.2) is 0 Å². The third kappa shape index (κ3) is 3.75. The van der Waals surface area contributed by atoms with Crippen LogP contribution >= 0.6 is 0 Å². The van der Waals surface area contributed by atoms with Crippen LogP contribution in [-0.4, -0.2) is 67.0 Å². The van der Waals surface area contributed by atoms with Gasteiger partial charge in [-0.15, -0.1) is 0 Å². The third-order valence-electron chi connectivity index (χ3n) is 6.69. The van der Waals surface area contributed by atoms with Crippen LogP contribution in [0.3, 0.4) is 0 Å². The quantitative estimate of drug-likeness (QED) is 0.867. The Morgan fingerprint density at radius 1 is 1.07 bits per heavy atom. The number of carbonyl (C=O) groups is 2. The number of fused-ring (bicyclic) bond motifs is 1. The molecule has 0 aromatic heterocycles. The second-order valence-corrected chi connectivity index (χ2v) is 8.41. The van der Waals surface area contributed by atoms with Crippen molar-refractivity contribution in [3.63, 3.8) is 0 Å². The highest BCUT2D eigenvalue weighted by Crippen LogP contribution is 2.33. The average molecular weight is 386 g/mol. The monoisotopic (exact) mass is 385 g/mol. The first-order chi connectivity index (χ1) is 13.6. The van der Waals surface area contributed by atoms with Gasteiger partial charge in [-0.3, -0.25) is 9.59 Å². The molecule has 152 valence electrons. The Kier molecular flexibility index (Phi) is 5.58. The van der Waals surface area contributed by atoms with E-state index in [0.717, 1.165) is 17.7 Å². The Morgan fingerprint density at radius 2 is 1.79 bits per heavy atom. The van der Waals surface area contributed by atoms with Crippen molar-refractivity contribution in [1.29, 1.82) is 0 Å². The van der Waals surface area contributed by atoms with Crippen molar-refractivity contribution in [3.05, 3.63) is 29.3 Å². The summed E-state index contributed by atoms with van der Waals surface area (Å²) in [5, 5.41) is 3.58. The first-order valence-electron chi connectivity index (χ1n) is 10.6. The summed E-state index contributed by atoms with van der Waals surface area (Å²) < 4.78 is 5.34. The fourth-order valence-corrected chi connectivity index (χ4v) is 5.00. The van der Waals surface area contributed by atoms with E-state index in [4.69, 9.17) is 4.74 Å². The highest BCUT2D eigenvalue weighted by Gasteiger charge is 2.40. The van der Waals surface area contributed by atoms with E-state index in [1.807, 2.05) is 28.9 Å². The maximum Gasteiger partial charge on any atom is 0.254 e. The number of nitrogens with zero attached hydrogens (tertiary/aromatic N) is 2. The molecule has 2 heterocycles. The van der Waals surface area contributed by atoms with Crippen LogP contribution in [0.1, 0.15) is 48.0 Å². The second kappa shape index (κ2) is 8.11.